The van der Waals surface area contributed by atoms with Crippen LogP contribution < -0.4 is 5.32 Å². The molecule has 0 amide bonds. The lowest BCUT2D eigenvalue weighted by Crippen LogP contribution is -2.33. The molecule has 9 rings (SSSR count). The molecule has 5 N–H and O–H groups in total. The predicted octanol–water partition coefficient (Wildman–Crippen LogP) is 8.46. The lowest BCUT2D eigenvalue weighted by molar-refractivity contribution is 0.474. The maximum absolute atomic E-state index is 10.2. The molecule has 5 heterocycles. The highest BCUT2D eigenvalue weighted by molar-refractivity contribution is 6.32. The molecule has 8 bridgehead atoms. The van der Waals surface area contributed by atoms with Crippen molar-refractivity contribution < 1.29 is 15.3 Å². The van der Waals surface area contributed by atoms with Crippen molar-refractivity contribution in [3.05, 3.63) is 196 Å². The summed E-state index contributed by atoms with van der Waals surface area (Å²) in [6, 6.07) is 34.4. The van der Waals surface area contributed by atoms with E-state index >= 15 is 0 Å². The van der Waals surface area contributed by atoms with E-state index in [1.54, 1.807) is 36.4 Å². The van der Waals surface area contributed by atoms with E-state index in [1.807, 2.05) is 36.4 Å². The van der Waals surface area contributed by atoms with Gasteiger partial charge in [-0.2, -0.15) is 0 Å². The fourth-order valence-corrected chi connectivity index (χ4v) is 7.75. The Labute approximate surface area is 301 Å². The molecule has 7 nitrogen and oxygen atoms in total. The van der Waals surface area contributed by atoms with Gasteiger partial charge in [-0.15, -0.1) is 0 Å². The van der Waals surface area contributed by atoms with Gasteiger partial charge in [0.1, 0.15) is 17.2 Å². The van der Waals surface area contributed by atoms with Gasteiger partial charge in [-0.25, -0.2) is 4.99 Å². The monoisotopic (exact) mass is 680 g/mol. The third kappa shape index (κ3) is 5.66. The zero-order chi connectivity index (χ0) is 35.3. The molecule has 4 atom stereocenters. The van der Waals surface area contributed by atoms with Crippen molar-refractivity contribution in [1.29, 1.82) is 0 Å². The minimum atomic E-state index is -0.233. The fraction of sp³-hybridized carbons (Fsp3) is 0.111. The normalized spacial score (nSPS) is 24.6. The van der Waals surface area contributed by atoms with Crippen LogP contribution in [0.4, 0.5) is 0 Å². The smallest absolute Gasteiger partial charge is 0.115 e. The number of aromatic nitrogens is 1. The highest BCUT2D eigenvalue weighted by Gasteiger charge is 2.35. The first kappa shape index (κ1) is 31.4. The summed E-state index contributed by atoms with van der Waals surface area (Å²) in [6.45, 7) is 2.09. The van der Waals surface area contributed by atoms with Crippen molar-refractivity contribution in [3.8, 4) is 17.2 Å². The standard InChI is InChI=1S/C45H36N4O3/c1-26-2-4-27(5-3-26)42-34-18-20-36(46-34)43(28-6-12-31(50)13-7-28)38-22-24-40(48-38)45(30-10-16-33(52)17-11-30)41-25-23-39(49-41)44(37-21-19-35(42)47-37)29-8-14-32(51)15-9-29/h2-25,36,40,43,45-46,49-52H,1H3/b42-34-,44-37-. The third-order valence-electron chi connectivity index (χ3n) is 10.3. The molecule has 0 aliphatic carbocycles. The summed E-state index contributed by atoms with van der Waals surface area (Å²) in [5, 5.41) is 34.5. The minimum Gasteiger partial charge on any atom is -0.508 e. The highest BCUT2D eigenvalue weighted by Crippen LogP contribution is 2.40. The van der Waals surface area contributed by atoms with Crippen LogP contribution in [0.25, 0.3) is 11.1 Å². The largest absolute Gasteiger partial charge is 0.508 e. The number of phenols is 3. The number of nitrogens with zero attached hydrogens (tertiary/aromatic N) is 2. The number of hydrogen-bond donors (Lipinski definition) is 5. The van der Waals surface area contributed by atoms with Gasteiger partial charge in [-0.3, -0.25) is 4.99 Å². The number of aromatic hydroxyl groups is 3. The summed E-state index contributed by atoms with van der Waals surface area (Å²) >= 11 is 0. The van der Waals surface area contributed by atoms with Gasteiger partial charge in [0.25, 0.3) is 0 Å². The first-order valence-corrected chi connectivity index (χ1v) is 17.5. The van der Waals surface area contributed by atoms with Crippen molar-refractivity contribution in [3.63, 3.8) is 0 Å². The first-order chi connectivity index (χ1) is 25.4. The summed E-state index contributed by atoms with van der Waals surface area (Å²) in [5.74, 6) is 0.279. The predicted molar refractivity (Wildman–Crippen MR) is 207 cm³/mol. The molecule has 0 saturated heterocycles. The molecule has 5 aromatic rings. The molecule has 254 valence electrons. The van der Waals surface area contributed by atoms with Crippen molar-refractivity contribution in [2.75, 3.05) is 0 Å². The number of phenolic OH excluding ortho intramolecular Hbond substituents is 3. The molecule has 0 spiro atoms. The first-order valence-electron chi connectivity index (χ1n) is 17.5. The van der Waals surface area contributed by atoms with Crippen molar-refractivity contribution in [2.45, 2.75) is 30.8 Å². The van der Waals surface area contributed by atoms with E-state index < -0.39 is 0 Å². The summed E-state index contributed by atoms with van der Waals surface area (Å²) in [6.07, 6.45) is 12.8. The Hall–Kier alpha value is -6.60. The summed E-state index contributed by atoms with van der Waals surface area (Å²) in [5.41, 5.74) is 12.5. The van der Waals surface area contributed by atoms with E-state index in [0.717, 1.165) is 67.6 Å². The van der Waals surface area contributed by atoms with Gasteiger partial charge in [-0.1, -0.05) is 78.4 Å². The zero-order valence-electron chi connectivity index (χ0n) is 28.4. The molecule has 4 aromatic carbocycles. The van der Waals surface area contributed by atoms with E-state index in [1.165, 1.54) is 5.56 Å². The van der Waals surface area contributed by atoms with E-state index in [0.29, 0.717) is 0 Å². The summed E-state index contributed by atoms with van der Waals surface area (Å²) < 4.78 is 0. The second kappa shape index (κ2) is 12.6. The van der Waals surface area contributed by atoms with Crippen LogP contribution in [0.5, 0.6) is 17.2 Å². The number of hydrogen-bond acceptors (Lipinski definition) is 6. The lowest BCUT2D eigenvalue weighted by atomic mass is 9.87. The van der Waals surface area contributed by atoms with E-state index in [4.69, 9.17) is 9.98 Å². The molecule has 4 aliphatic heterocycles. The van der Waals surface area contributed by atoms with Crippen LogP contribution in [-0.2, 0) is 0 Å². The Morgan fingerprint density at radius 3 is 1.88 bits per heavy atom. The van der Waals surface area contributed by atoms with Crippen LogP contribution in [-0.4, -0.2) is 43.8 Å². The van der Waals surface area contributed by atoms with Crippen LogP contribution in [0.1, 0.15) is 51.0 Å². The number of aromatic amines is 1. The molecule has 0 fully saturated rings. The van der Waals surface area contributed by atoms with E-state index in [2.05, 4.69) is 90.1 Å². The van der Waals surface area contributed by atoms with Gasteiger partial charge in [0.05, 0.1) is 29.4 Å². The highest BCUT2D eigenvalue weighted by atomic mass is 16.3. The molecule has 0 radical (unpaired) electrons. The second-order valence-corrected chi connectivity index (χ2v) is 13.7. The Balaban J connectivity index is 1.29. The molecule has 4 unspecified atom stereocenters. The second-order valence-electron chi connectivity index (χ2n) is 13.7. The topological polar surface area (TPSA) is 113 Å². The molecular formula is C45H36N4O3. The summed E-state index contributed by atoms with van der Waals surface area (Å²) in [7, 11) is 0. The molecule has 1 aromatic heterocycles. The molecule has 7 heteroatoms. The van der Waals surface area contributed by atoms with Gasteiger partial charge in [0.2, 0.25) is 0 Å². The Bertz CT molecular complexity index is 2410. The Kier molecular flexibility index (Phi) is 7.62. The molecular weight excluding hydrogens is 645 g/mol. The average Bonchev–Trinajstić information content (AvgIpc) is 3.99. The Morgan fingerprint density at radius 1 is 0.577 bits per heavy atom. The number of nitrogens with one attached hydrogen (secondary N) is 2. The van der Waals surface area contributed by atoms with Crippen molar-refractivity contribution in [2.24, 2.45) is 9.98 Å². The average molecular weight is 681 g/mol. The maximum Gasteiger partial charge on any atom is 0.115 e. The van der Waals surface area contributed by atoms with Gasteiger partial charge in [0.15, 0.2) is 0 Å². The van der Waals surface area contributed by atoms with Crippen LogP contribution in [0.3, 0.4) is 0 Å². The van der Waals surface area contributed by atoms with E-state index in [9.17, 15) is 15.3 Å². The minimum absolute atomic E-state index is 0.132. The number of H-pyrrole nitrogens is 1. The number of rotatable bonds is 4. The molecule has 0 saturated carbocycles. The Morgan fingerprint density at radius 2 is 1.19 bits per heavy atom. The maximum atomic E-state index is 10.2. The van der Waals surface area contributed by atoms with Crippen LogP contribution in [0.15, 0.2) is 167 Å². The zero-order valence-corrected chi connectivity index (χ0v) is 28.4. The third-order valence-corrected chi connectivity index (χ3v) is 10.3. The molecule has 52 heavy (non-hydrogen) atoms. The fourth-order valence-electron chi connectivity index (χ4n) is 7.75. The van der Waals surface area contributed by atoms with Crippen LogP contribution >= 0.6 is 0 Å². The van der Waals surface area contributed by atoms with Crippen molar-refractivity contribution in [1.82, 2.24) is 10.3 Å². The quantitative estimate of drug-likeness (QED) is 0.131. The van der Waals surface area contributed by atoms with Gasteiger partial charge in [0, 0.05) is 39.9 Å². The number of aryl methyl sites for hydroxylation is 1. The van der Waals surface area contributed by atoms with Crippen molar-refractivity contribution >= 4 is 22.6 Å². The van der Waals surface area contributed by atoms with Gasteiger partial charge >= 0.3 is 0 Å². The summed E-state index contributed by atoms with van der Waals surface area (Å²) in [4.78, 5) is 14.5. The number of allylic oxidation sites excluding steroid dienone is 5. The van der Waals surface area contributed by atoms with E-state index in [-0.39, 0.29) is 41.2 Å². The number of aliphatic imine (C=N–C) groups is 2. The lowest BCUT2D eigenvalue weighted by Gasteiger charge is -2.26. The van der Waals surface area contributed by atoms with Gasteiger partial charge < -0.3 is 25.6 Å². The van der Waals surface area contributed by atoms with Crippen LogP contribution in [0, 0.1) is 6.92 Å². The SMILES string of the molecule is Cc1ccc(/C2=C3\C=CC(N3)C(c3ccc(O)cc3)C3=NC(C=C3)C(c3ccc(O)cc3)c3ccc([nH]3)/C(c3ccc(O)cc3)=C3/C=CC2=N3)cc1. The van der Waals surface area contributed by atoms with Gasteiger partial charge in [-0.05, 0) is 102 Å². The molecule has 4 aliphatic rings. The van der Waals surface area contributed by atoms with Crippen LogP contribution in [0.2, 0.25) is 0 Å². The number of benzene rings is 4. The number of fused-ring (bicyclic) bond motifs is 6.